The number of anilines is 1. The number of rotatable bonds is 5. The number of pyridine rings is 1. The normalized spacial score (nSPS) is 19.1. The maximum Gasteiger partial charge on any atom is 0.266 e. The Bertz CT molecular complexity index is 1140. The largest absolute Gasteiger partial charge is 0.370 e. The lowest BCUT2D eigenvalue weighted by Crippen LogP contribution is -2.36. The molecule has 0 bridgehead atoms. The molecule has 1 aromatic carbocycles. The van der Waals surface area contributed by atoms with Crippen molar-refractivity contribution in [1.29, 1.82) is 0 Å². The number of piperidine rings is 1. The molecule has 2 fully saturated rings. The van der Waals surface area contributed by atoms with Crippen molar-refractivity contribution in [2.24, 2.45) is 5.92 Å². The lowest BCUT2D eigenvalue weighted by Gasteiger charge is -2.34. The van der Waals surface area contributed by atoms with Gasteiger partial charge in [-0.1, -0.05) is 55.2 Å². The molecule has 0 spiro atoms. The van der Waals surface area contributed by atoms with Gasteiger partial charge in [-0.15, -0.1) is 6.58 Å². The molecule has 3 heterocycles. The predicted octanol–water partition coefficient (Wildman–Crippen LogP) is 4.64. The molecule has 0 N–H and O–H groups in total. The van der Waals surface area contributed by atoms with E-state index in [2.05, 4.69) is 24.5 Å². The maximum atomic E-state index is 13.6. The van der Waals surface area contributed by atoms with Crippen LogP contribution in [-0.2, 0) is 11.3 Å². The van der Waals surface area contributed by atoms with Crippen molar-refractivity contribution in [3.8, 4) is 0 Å². The van der Waals surface area contributed by atoms with Crippen LogP contribution < -0.4 is 10.5 Å². The van der Waals surface area contributed by atoms with E-state index in [0.717, 1.165) is 42.5 Å². The van der Waals surface area contributed by atoms with Crippen LogP contribution in [0.4, 0.5) is 5.69 Å². The van der Waals surface area contributed by atoms with E-state index < -0.39 is 0 Å². The molecule has 0 radical (unpaired) electrons. The summed E-state index contributed by atoms with van der Waals surface area (Å²) in [5.74, 6) is 0.515. The third kappa shape index (κ3) is 3.96. The molecule has 0 unspecified atom stereocenters. The fraction of sp³-hybridized carbons (Fsp3) is 0.375. The third-order valence-corrected chi connectivity index (χ3v) is 7.44. The Kier molecular flexibility index (Phi) is 6.34. The van der Waals surface area contributed by atoms with Crippen molar-refractivity contribution in [3.05, 3.63) is 57.7 Å². The number of fused-ring (bicyclic) bond motifs is 1. The Morgan fingerprint density at radius 1 is 1.23 bits per heavy atom. The molecular weight excluding hydrogens is 426 g/mol. The minimum absolute atomic E-state index is 0.0659. The summed E-state index contributed by atoms with van der Waals surface area (Å²) in [6.07, 6.45) is 5.60. The standard InChI is InChI=1S/C24H27N3O2S2/c1-4-12-27-23(29)20(31-24(27)30)15-18-21(25-13-10-16(3)11-14-25)17-8-6-7-9-19(17)26(5-2)22(18)28/h4,6-9,15-16H,1,5,10-14H2,2-3H3. The summed E-state index contributed by atoms with van der Waals surface area (Å²) in [7, 11) is 0. The first kappa shape index (κ1) is 21.8. The fourth-order valence-electron chi connectivity index (χ4n) is 4.34. The summed E-state index contributed by atoms with van der Waals surface area (Å²) in [6, 6.07) is 8.06. The van der Waals surface area contributed by atoms with Crippen molar-refractivity contribution >= 4 is 56.9 Å². The van der Waals surface area contributed by atoms with Crippen LogP contribution >= 0.6 is 24.0 Å². The van der Waals surface area contributed by atoms with Crippen LogP contribution in [-0.4, -0.2) is 39.3 Å². The summed E-state index contributed by atoms with van der Waals surface area (Å²) in [4.78, 5) is 30.9. The second-order valence-corrected chi connectivity index (χ2v) is 9.76. The van der Waals surface area contributed by atoms with Gasteiger partial charge in [0.05, 0.1) is 21.7 Å². The highest BCUT2D eigenvalue weighted by Gasteiger charge is 2.32. The topological polar surface area (TPSA) is 45.6 Å². The highest BCUT2D eigenvalue weighted by molar-refractivity contribution is 8.26. The number of thioether (sulfide) groups is 1. The van der Waals surface area contributed by atoms with Crippen molar-refractivity contribution in [3.63, 3.8) is 0 Å². The molecule has 0 aliphatic carbocycles. The number of para-hydroxylation sites is 1. The van der Waals surface area contributed by atoms with Crippen LogP contribution in [0, 0.1) is 5.92 Å². The van der Waals surface area contributed by atoms with Crippen molar-refractivity contribution in [2.45, 2.75) is 33.2 Å². The van der Waals surface area contributed by atoms with Gasteiger partial charge in [0.2, 0.25) is 0 Å². The van der Waals surface area contributed by atoms with Crippen LogP contribution in [0.5, 0.6) is 0 Å². The van der Waals surface area contributed by atoms with Gasteiger partial charge < -0.3 is 9.47 Å². The highest BCUT2D eigenvalue weighted by atomic mass is 32.2. The summed E-state index contributed by atoms with van der Waals surface area (Å²) < 4.78 is 2.29. The minimum Gasteiger partial charge on any atom is -0.370 e. The molecule has 0 saturated carbocycles. The first-order chi connectivity index (χ1) is 15.0. The van der Waals surface area contributed by atoms with Crippen LogP contribution in [0.1, 0.15) is 32.3 Å². The molecule has 2 aliphatic rings. The van der Waals surface area contributed by atoms with E-state index in [1.165, 1.54) is 16.7 Å². The Hall–Kier alpha value is -2.38. The average molecular weight is 454 g/mol. The molecule has 5 nitrogen and oxygen atoms in total. The Balaban J connectivity index is 1.94. The molecule has 31 heavy (non-hydrogen) atoms. The van der Waals surface area contributed by atoms with Gasteiger partial charge in [0.15, 0.2) is 0 Å². The predicted molar refractivity (Wildman–Crippen MR) is 135 cm³/mol. The molecule has 7 heteroatoms. The van der Waals surface area contributed by atoms with Gasteiger partial charge >= 0.3 is 0 Å². The first-order valence-corrected chi connectivity index (χ1v) is 12.0. The summed E-state index contributed by atoms with van der Waals surface area (Å²) in [6.45, 7) is 10.7. The summed E-state index contributed by atoms with van der Waals surface area (Å²) in [5, 5.41) is 1.05. The molecule has 2 aromatic rings. The quantitative estimate of drug-likeness (QED) is 0.375. The van der Waals surface area contributed by atoms with Gasteiger partial charge in [-0.3, -0.25) is 14.5 Å². The molecule has 1 aromatic heterocycles. The Labute approximate surface area is 192 Å². The molecule has 4 rings (SSSR count). The number of hydrogen-bond acceptors (Lipinski definition) is 5. The SMILES string of the molecule is C=CCN1C(=O)C(=Cc2c(N3CCC(C)CC3)c3ccccc3n(CC)c2=O)SC1=S. The van der Waals surface area contributed by atoms with Crippen LogP contribution in [0.3, 0.4) is 0 Å². The lowest BCUT2D eigenvalue weighted by molar-refractivity contribution is -0.121. The zero-order valence-corrected chi connectivity index (χ0v) is 19.6. The third-order valence-electron chi connectivity index (χ3n) is 6.06. The van der Waals surface area contributed by atoms with Gasteiger partial charge in [-0.2, -0.15) is 0 Å². The Morgan fingerprint density at radius 3 is 2.61 bits per heavy atom. The van der Waals surface area contributed by atoms with Crippen molar-refractivity contribution in [2.75, 3.05) is 24.5 Å². The number of aryl methyl sites for hydroxylation is 1. The maximum absolute atomic E-state index is 13.6. The summed E-state index contributed by atoms with van der Waals surface area (Å²) >= 11 is 6.65. The highest BCUT2D eigenvalue weighted by Crippen LogP contribution is 2.37. The minimum atomic E-state index is -0.163. The van der Waals surface area contributed by atoms with Gasteiger partial charge in [0.1, 0.15) is 4.32 Å². The smallest absolute Gasteiger partial charge is 0.266 e. The number of amides is 1. The van der Waals surface area contributed by atoms with Crippen LogP contribution in [0.2, 0.25) is 0 Å². The number of aromatic nitrogens is 1. The molecule has 162 valence electrons. The molecular formula is C24H27N3O2S2. The van der Waals surface area contributed by atoms with Crippen molar-refractivity contribution in [1.82, 2.24) is 9.47 Å². The van der Waals surface area contributed by atoms with E-state index in [-0.39, 0.29) is 11.5 Å². The molecule has 2 saturated heterocycles. The monoisotopic (exact) mass is 453 g/mol. The number of carbonyl (C=O) groups excluding carboxylic acids is 1. The van der Waals surface area contributed by atoms with Gasteiger partial charge in [-0.05, 0) is 37.8 Å². The zero-order valence-electron chi connectivity index (χ0n) is 18.0. The second-order valence-electron chi connectivity index (χ2n) is 8.08. The van der Waals surface area contributed by atoms with E-state index >= 15 is 0 Å². The van der Waals surface area contributed by atoms with Crippen LogP contribution in [0.15, 0.2) is 46.6 Å². The van der Waals surface area contributed by atoms with E-state index in [9.17, 15) is 9.59 Å². The molecule has 0 atom stereocenters. The number of carbonyl (C=O) groups is 1. The number of hydrogen-bond donors (Lipinski definition) is 0. The summed E-state index contributed by atoms with van der Waals surface area (Å²) in [5.41, 5.74) is 2.38. The fourth-order valence-corrected chi connectivity index (χ4v) is 5.60. The van der Waals surface area contributed by atoms with E-state index in [0.29, 0.717) is 33.8 Å². The van der Waals surface area contributed by atoms with E-state index in [4.69, 9.17) is 12.2 Å². The zero-order chi connectivity index (χ0) is 22.1. The lowest BCUT2D eigenvalue weighted by atomic mass is 9.97. The second kappa shape index (κ2) is 9.01. The van der Waals surface area contributed by atoms with Gasteiger partial charge in [-0.25, -0.2) is 0 Å². The number of nitrogens with zero attached hydrogens (tertiary/aromatic N) is 3. The first-order valence-electron chi connectivity index (χ1n) is 10.7. The van der Waals surface area contributed by atoms with E-state index in [1.54, 1.807) is 16.7 Å². The number of benzene rings is 1. The van der Waals surface area contributed by atoms with Gasteiger partial charge in [0.25, 0.3) is 11.5 Å². The van der Waals surface area contributed by atoms with Crippen molar-refractivity contribution < 1.29 is 4.79 Å². The molecule has 2 aliphatic heterocycles. The van der Waals surface area contributed by atoms with E-state index in [1.807, 2.05) is 25.1 Å². The van der Waals surface area contributed by atoms with Gasteiger partial charge in [0, 0.05) is 31.6 Å². The molecule has 1 amide bonds. The van der Waals surface area contributed by atoms with Crippen LogP contribution in [0.25, 0.3) is 17.0 Å². The number of thiocarbonyl (C=S) groups is 1. The average Bonchev–Trinajstić information content (AvgIpc) is 3.03. The Morgan fingerprint density at radius 2 is 1.94 bits per heavy atom.